The Morgan fingerprint density at radius 2 is 0.676 bits per heavy atom. The van der Waals surface area contributed by atoms with E-state index >= 15 is 0 Å². The minimum absolute atomic E-state index is 0.278. The van der Waals surface area contributed by atoms with Crippen molar-refractivity contribution < 1.29 is 19.1 Å². The van der Waals surface area contributed by atoms with E-state index in [0.29, 0.717) is 17.2 Å². The van der Waals surface area contributed by atoms with Crippen LogP contribution in [0.15, 0.2) is 91.0 Å². The normalized spacial score (nSPS) is 7.70. The molecule has 0 heterocycles. The molecule has 0 aliphatic carbocycles. The fourth-order valence-corrected chi connectivity index (χ4v) is 1.62. The quantitative estimate of drug-likeness (QED) is 0.192. The third kappa shape index (κ3) is 36.5. The molecule has 3 aromatic carbocycles. The molecule has 10 heteroatoms. The van der Waals surface area contributed by atoms with E-state index in [1.54, 1.807) is 55.2 Å². The van der Waals surface area contributed by atoms with E-state index in [-0.39, 0.29) is 4.92 Å². The molecular weight excluding hydrogens is 846 g/mol. The summed E-state index contributed by atoms with van der Waals surface area (Å²) in [4.78, 5) is -0.278. The van der Waals surface area contributed by atoms with Crippen LogP contribution in [-0.2, 0) is 4.92 Å². The van der Waals surface area contributed by atoms with Gasteiger partial charge in [0.1, 0.15) is 17.2 Å². The standard InChI is InChI=1S/3C7H5NO.2C3H8.3HI.V/c3*8-6-9-7-4-2-1-3-5-7;2*1-3-2;;;;/h3*1-5H;2*3H2,1-2H3;3*1H;/q;;;;;;;;+3/p-3. The zero-order valence-corrected chi connectivity index (χ0v) is 29.1. The number of nitrogens with zero attached hydrogens (tertiary/aromatic N) is 3. The predicted octanol–water partition coefficient (Wildman–Crippen LogP) is 10.1. The summed E-state index contributed by atoms with van der Waals surface area (Å²) in [5.41, 5.74) is 0. The van der Waals surface area contributed by atoms with Gasteiger partial charge < -0.3 is 14.2 Å². The molecule has 0 unspecified atom stereocenters. The minimum atomic E-state index is -0.278. The van der Waals surface area contributed by atoms with E-state index in [2.05, 4.69) is 102 Å². The first-order valence-electron chi connectivity index (χ1n) is 11.0. The van der Waals surface area contributed by atoms with Crippen LogP contribution in [0.2, 0.25) is 0 Å². The third-order valence-electron chi connectivity index (χ3n) is 2.72. The number of rotatable bonds is 3. The third-order valence-corrected chi connectivity index (χ3v) is 2.72. The van der Waals surface area contributed by atoms with Crippen LogP contribution in [0.1, 0.15) is 40.5 Å². The van der Waals surface area contributed by atoms with Gasteiger partial charge in [0.15, 0.2) is 0 Å². The van der Waals surface area contributed by atoms with Crippen LogP contribution < -0.4 is 14.2 Å². The fourth-order valence-electron chi connectivity index (χ4n) is 1.62. The summed E-state index contributed by atoms with van der Waals surface area (Å²) >= 11 is 7.39. The summed E-state index contributed by atoms with van der Waals surface area (Å²) in [7, 11) is 0. The van der Waals surface area contributed by atoms with E-state index < -0.39 is 0 Å². The van der Waals surface area contributed by atoms with Crippen molar-refractivity contribution in [1.82, 2.24) is 0 Å². The molecule has 0 saturated heterocycles. The molecule has 0 radical (unpaired) electrons. The Labute approximate surface area is 259 Å². The van der Waals surface area contributed by atoms with Gasteiger partial charge in [-0.3, -0.25) is 0 Å². The number of para-hydroxylation sites is 3. The van der Waals surface area contributed by atoms with Crippen LogP contribution in [0.3, 0.4) is 0 Å². The van der Waals surface area contributed by atoms with E-state index in [1.165, 1.54) is 12.8 Å². The number of nitriles is 3. The second-order valence-electron chi connectivity index (χ2n) is 6.13. The van der Waals surface area contributed by atoms with Gasteiger partial charge in [-0.05, 0) is 36.4 Å². The molecule has 6 nitrogen and oxygen atoms in total. The van der Waals surface area contributed by atoms with Gasteiger partial charge in [-0.15, -0.1) is 15.8 Å². The van der Waals surface area contributed by atoms with Crippen molar-refractivity contribution in [2.24, 2.45) is 0 Å². The monoisotopic (exact) mass is 877 g/mol. The second kappa shape index (κ2) is 34.3. The fraction of sp³-hybridized carbons (Fsp3) is 0.222. The van der Waals surface area contributed by atoms with Gasteiger partial charge in [0.25, 0.3) is 18.8 Å². The Hall–Kier alpha value is -1.70. The van der Waals surface area contributed by atoms with E-state index in [0.717, 1.165) is 0 Å². The topological polar surface area (TPSA) is 99.1 Å². The second-order valence-corrected chi connectivity index (χ2v) is 41.5. The first kappa shape index (κ1) is 39.8. The molecule has 0 N–H and O–H groups in total. The van der Waals surface area contributed by atoms with Crippen molar-refractivity contribution in [3.63, 3.8) is 0 Å². The number of hydrogen-bond donors (Lipinski definition) is 0. The van der Waals surface area contributed by atoms with Crippen LogP contribution >= 0.6 is 59.9 Å². The van der Waals surface area contributed by atoms with Gasteiger partial charge in [-0.1, -0.05) is 95.1 Å². The molecule has 0 saturated carbocycles. The van der Waals surface area contributed by atoms with E-state index in [4.69, 9.17) is 15.8 Å². The maximum absolute atomic E-state index is 8.05. The van der Waals surface area contributed by atoms with Crippen LogP contribution in [0.25, 0.3) is 0 Å². The van der Waals surface area contributed by atoms with Crippen molar-refractivity contribution in [1.29, 1.82) is 15.8 Å². The van der Waals surface area contributed by atoms with Crippen LogP contribution in [0, 0.1) is 34.6 Å². The number of benzene rings is 3. The molecule has 0 amide bonds. The van der Waals surface area contributed by atoms with Gasteiger partial charge in [0.05, 0.1) is 0 Å². The van der Waals surface area contributed by atoms with Crippen LogP contribution in [0.5, 0.6) is 17.2 Å². The number of halogens is 3. The summed E-state index contributed by atoms with van der Waals surface area (Å²) in [5.74, 6) is 1.75. The summed E-state index contributed by atoms with van der Waals surface area (Å²) in [5, 5.41) is 24.1. The average Bonchev–Trinajstić information content (AvgIpc) is 2.88. The zero-order valence-electron chi connectivity index (χ0n) is 21.2. The van der Waals surface area contributed by atoms with E-state index in [9.17, 15) is 0 Å². The first-order chi connectivity index (χ1) is 17.9. The van der Waals surface area contributed by atoms with Crippen LogP contribution in [-0.4, -0.2) is 0 Å². The SMILES string of the molecule is CCC.CCC.N#COc1ccccc1.N#COc1ccccc1.N#COc1ccccc1.[I][V]([I])[I]. The Bertz CT molecular complexity index is 853. The molecule has 0 bridgehead atoms. The summed E-state index contributed by atoms with van der Waals surface area (Å²) in [6.07, 6.45) is 7.25. The molecule has 0 fully saturated rings. The van der Waals surface area contributed by atoms with E-state index in [1.807, 2.05) is 54.6 Å². The van der Waals surface area contributed by atoms with Crippen molar-refractivity contribution >= 4 is 59.9 Å². The molecule has 0 aliphatic rings. The Morgan fingerprint density at radius 1 is 0.514 bits per heavy atom. The van der Waals surface area contributed by atoms with Gasteiger partial charge in [0, 0.05) is 0 Å². The Morgan fingerprint density at radius 3 is 0.811 bits per heavy atom. The molecule has 0 spiro atoms. The number of ether oxygens (including phenoxy) is 3. The van der Waals surface area contributed by atoms with Gasteiger partial charge in [0.2, 0.25) is 0 Å². The van der Waals surface area contributed by atoms with Gasteiger partial charge in [-0.2, -0.15) is 0 Å². The van der Waals surface area contributed by atoms with Gasteiger partial charge >= 0.3 is 64.9 Å². The molecule has 37 heavy (non-hydrogen) atoms. The molecule has 0 aromatic heterocycles. The van der Waals surface area contributed by atoms with Gasteiger partial charge in [-0.25, -0.2) is 0 Å². The van der Waals surface area contributed by atoms with Crippen molar-refractivity contribution in [2.75, 3.05) is 0 Å². The summed E-state index contributed by atoms with van der Waals surface area (Å²) < 4.78 is 13.5. The van der Waals surface area contributed by atoms with Crippen LogP contribution in [0.4, 0.5) is 0 Å². The molecule has 3 rings (SSSR count). The van der Waals surface area contributed by atoms with Crippen molar-refractivity contribution in [3.8, 4) is 36.0 Å². The molecule has 0 atom stereocenters. The molecule has 3 aromatic rings. The van der Waals surface area contributed by atoms with Crippen molar-refractivity contribution in [3.05, 3.63) is 91.0 Å². The predicted molar refractivity (Wildman–Crippen MR) is 172 cm³/mol. The van der Waals surface area contributed by atoms with Crippen molar-refractivity contribution in [2.45, 2.75) is 40.5 Å². The first-order valence-corrected chi connectivity index (χ1v) is 24.5. The number of hydrogen-bond acceptors (Lipinski definition) is 6. The average molecular weight is 877 g/mol. The summed E-state index contributed by atoms with van der Waals surface area (Å²) in [6, 6.07) is 26.8. The maximum atomic E-state index is 8.05. The zero-order chi connectivity index (χ0) is 28.6. The molecule has 0 aliphatic heterocycles. The molecular formula is C27H31I3N3O3V. The molecule has 198 valence electrons. The Balaban J connectivity index is -0.000000399. The summed E-state index contributed by atoms with van der Waals surface area (Å²) in [6.45, 7) is 8.50. The Kier molecular flexibility index (Phi) is 36.9.